The molecule has 1 saturated heterocycles. The van der Waals surface area contributed by atoms with Gasteiger partial charge in [-0.2, -0.15) is 0 Å². The molecule has 0 spiro atoms. The molecule has 5 heteroatoms. The fourth-order valence-corrected chi connectivity index (χ4v) is 3.55. The third-order valence-corrected chi connectivity index (χ3v) is 4.52. The van der Waals surface area contributed by atoms with Crippen molar-refractivity contribution in [1.29, 1.82) is 0 Å². The second-order valence-corrected chi connectivity index (χ2v) is 5.91. The molecule has 2 atom stereocenters. The minimum Gasteiger partial charge on any atom is -0.337 e. The monoisotopic (exact) mass is 282 g/mol. The first-order chi connectivity index (χ1) is 10.2. The summed E-state index contributed by atoms with van der Waals surface area (Å²) in [4.78, 5) is 21.4. The van der Waals surface area contributed by atoms with Crippen LogP contribution in [0.15, 0.2) is 42.7 Å². The zero-order valence-electron chi connectivity index (χ0n) is 12.0. The van der Waals surface area contributed by atoms with Crippen LogP contribution in [0.5, 0.6) is 0 Å². The smallest absolute Gasteiger partial charge is 0.271 e. The molecule has 2 aliphatic heterocycles. The maximum absolute atomic E-state index is 12.8. The standard InChI is InChI=1S/C16H18N4O/c1-18-10-14-15(11-18)20(9-12-5-2-3-7-17-12)16(21)13-6-4-8-19(13)14/h2-8,14-15H,9-11H2,1H3/t14-,15-/m0/s1. The van der Waals surface area contributed by atoms with Crippen LogP contribution in [-0.2, 0) is 6.54 Å². The fourth-order valence-electron chi connectivity index (χ4n) is 3.55. The van der Waals surface area contributed by atoms with Gasteiger partial charge in [0, 0.05) is 25.5 Å². The van der Waals surface area contributed by atoms with Gasteiger partial charge in [0.2, 0.25) is 0 Å². The topological polar surface area (TPSA) is 41.4 Å². The average molecular weight is 282 g/mol. The van der Waals surface area contributed by atoms with Gasteiger partial charge in [0.1, 0.15) is 5.69 Å². The Kier molecular flexibility index (Phi) is 2.82. The Labute approximate surface area is 123 Å². The number of likely N-dealkylation sites (tertiary alicyclic amines) is 1. The first-order valence-electron chi connectivity index (χ1n) is 7.30. The first-order valence-corrected chi connectivity index (χ1v) is 7.30. The minimum atomic E-state index is 0.113. The number of hydrogen-bond donors (Lipinski definition) is 0. The molecule has 0 aromatic carbocycles. The molecule has 2 aliphatic rings. The molecule has 0 radical (unpaired) electrons. The van der Waals surface area contributed by atoms with Crippen molar-refractivity contribution in [2.75, 3.05) is 20.1 Å². The van der Waals surface area contributed by atoms with Crippen molar-refractivity contribution in [1.82, 2.24) is 19.4 Å². The van der Waals surface area contributed by atoms with Crippen molar-refractivity contribution in [3.8, 4) is 0 Å². The predicted octanol–water partition coefficient (Wildman–Crippen LogP) is 1.39. The Bertz CT molecular complexity index is 666. The molecular formula is C16H18N4O. The van der Waals surface area contributed by atoms with Gasteiger partial charge >= 0.3 is 0 Å². The number of nitrogens with zero attached hydrogens (tertiary/aromatic N) is 4. The first kappa shape index (κ1) is 12.6. The van der Waals surface area contributed by atoms with E-state index in [0.29, 0.717) is 12.6 Å². The van der Waals surface area contributed by atoms with E-state index in [9.17, 15) is 4.79 Å². The van der Waals surface area contributed by atoms with Gasteiger partial charge in [-0.05, 0) is 31.3 Å². The summed E-state index contributed by atoms with van der Waals surface area (Å²) in [5.74, 6) is 0.113. The van der Waals surface area contributed by atoms with Crippen LogP contribution in [0.4, 0.5) is 0 Å². The van der Waals surface area contributed by atoms with Crippen molar-refractivity contribution in [3.63, 3.8) is 0 Å². The second-order valence-electron chi connectivity index (χ2n) is 5.91. The van der Waals surface area contributed by atoms with Crippen LogP contribution >= 0.6 is 0 Å². The lowest BCUT2D eigenvalue weighted by molar-refractivity contribution is 0.0555. The number of likely N-dealkylation sites (N-methyl/N-ethyl adjacent to an activating group) is 1. The summed E-state index contributed by atoms with van der Waals surface area (Å²) in [7, 11) is 2.12. The predicted molar refractivity (Wildman–Crippen MR) is 78.9 cm³/mol. The molecule has 1 amide bonds. The number of rotatable bonds is 2. The Morgan fingerprint density at radius 3 is 2.86 bits per heavy atom. The molecule has 108 valence electrons. The van der Waals surface area contributed by atoms with Gasteiger partial charge in [0.15, 0.2) is 0 Å². The summed E-state index contributed by atoms with van der Waals surface area (Å²) in [5.41, 5.74) is 1.74. The molecule has 2 aromatic rings. The number of fused-ring (bicyclic) bond motifs is 3. The van der Waals surface area contributed by atoms with Crippen LogP contribution in [0.1, 0.15) is 22.2 Å². The highest BCUT2D eigenvalue weighted by atomic mass is 16.2. The maximum atomic E-state index is 12.8. The molecule has 4 heterocycles. The van der Waals surface area contributed by atoms with Crippen molar-refractivity contribution in [3.05, 3.63) is 54.1 Å². The van der Waals surface area contributed by atoms with Crippen molar-refractivity contribution in [2.24, 2.45) is 0 Å². The molecule has 0 bridgehead atoms. The van der Waals surface area contributed by atoms with Crippen LogP contribution in [0.2, 0.25) is 0 Å². The lowest BCUT2D eigenvalue weighted by atomic mass is 10.1. The Morgan fingerprint density at radius 2 is 2.05 bits per heavy atom. The van der Waals surface area contributed by atoms with E-state index >= 15 is 0 Å². The summed E-state index contributed by atoms with van der Waals surface area (Å²) < 4.78 is 2.14. The molecule has 2 aromatic heterocycles. The summed E-state index contributed by atoms with van der Waals surface area (Å²) in [5, 5.41) is 0. The van der Waals surface area contributed by atoms with Crippen LogP contribution in [0.25, 0.3) is 0 Å². The number of carbonyl (C=O) groups excluding carboxylic acids is 1. The number of aromatic nitrogens is 2. The van der Waals surface area contributed by atoms with Gasteiger partial charge in [-0.3, -0.25) is 9.78 Å². The Balaban J connectivity index is 1.72. The second kappa shape index (κ2) is 4.70. The maximum Gasteiger partial charge on any atom is 0.271 e. The van der Waals surface area contributed by atoms with Crippen molar-refractivity contribution in [2.45, 2.75) is 18.6 Å². The van der Waals surface area contributed by atoms with E-state index in [2.05, 4.69) is 21.5 Å². The van der Waals surface area contributed by atoms with Gasteiger partial charge < -0.3 is 14.4 Å². The lowest BCUT2D eigenvalue weighted by Gasteiger charge is -2.38. The highest BCUT2D eigenvalue weighted by molar-refractivity contribution is 5.94. The van der Waals surface area contributed by atoms with Crippen LogP contribution in [0, 0.1) is 0 Å². The van der Waals surface area contributed by atoms with Crippen molar-refractivity contribution >= 4 is 5.91 Å². The van der Waals surface area contributed by atoms with Gasteiger partial charge in [0.25, 0.3) is 5.91 Å². The zero-order chi connectivity index (χ0) is 14.4. The summed E-state index contributed by atoms with van der Waals surface area (Å²) in [6.07, 6.45) is 3.81. The molecule has 21 heavy (non-hydrogen) atoms. The Morgan fingerprint density at radius 1 is 1.19 bits per heavy atom. The number of amides is 1. The highest BCUT2D eigenvalue weighted by Gasteiger charge is 2.43. The molecule has 0 N–H and O–H groups in total. The average Bonchev–Trinajstić information content (AvgIpc) is 3.10. The largest absolute Gasteiger partial charge is 0.337 e. The van der Waals surface area contributed by atoms with Crippen LogP contribution in [-0.4, -0.2) is 51.4 Å². The minimum absolute atomic E-state index is 0.113. The third kappa shape index (κ3) is 1.96. The molecule has 5 nitrogen and oxygen atoms in total. The van der Waals surface area contributed by atoms with E-state index in [1.165, 1.54) is 0 Å². The molecule has 0 aliphatic carbocycles. The summed E-state index contributed by atoms with van der Waals surface area (Å²) in [6, 6.07) is 10.3. The van der Waals surface area contributed by atoms with Gasteiger partial charge in [-0.15, -0.1) is 0 Å². The SMILES string of the molecule is CN1C[C@H]2[C@H](C1)n1cccc1C(=O)N2Cc1ccccn1. The summed E-state index contributed by atoms with van der Waals surface area (Å²) in [6.45, 7) is 2.49. The van der Waals surface area contributed by atoms with E-state index in [-0.39, 0.29) is 11.9 Å². The Hall–Kier alpha value is -2.14. The highest BCUT2D eigenvalue weighted by Crippen LogP contribution is 2.33. The van der Waals surface area contributed by atoms with Crippen molar-refractivity contribution < 1.29 is 4.79 Å². The van der Waals surface area contributed by atoms with Crippen LogP contribution in [0.3, 0.4) is 0 Å². The fraction of sp³-hybridized carbons (Fsp3) is 0.375. The normalized spacial score (nSPS) is 25.0. The number of pyridine rings is 1. The van der Waals surface area contributed by atoms with E-state index in [0.717, 1.165) is 24.5 Å². The van der Waals surface area contributed by atoms with E-state index in [1.807, 2.05) is 41.4 Å². The number of carbonyl (C=O) groups is 1. The lowest BCUT2D eigenvalue weighted by Crippen LogP contribution is -2.49. The number of hydrogen-bond acceptors (Lipinski definition) is 3. The molecule has 0 saturated carbocycles. The molecule has 4 rings (SSSR count). The third-order valence-electron chi connectivity index (χ3n) is 4.52. The molecule has 0 unspecified atom stereocenters. The summed E-state index contributed by atoms with van der Waals surface area (Å²) >= 11 is 0. The molecule has 1 fully saturated rings. The zero-order valence-corrected chi connectivity index (χ0v) is 12.0. The van der Waals surface area contributed by atoms with Gasteiger partial charge in [-0.1, -0.05) is 6.07 Å². The van der Waals surface area contributed by atoms with E-state index < -0.39 is 0 Å². The van der Waals surface area contributed by atoms with Gasteiger partial charge in [0.05, 0.1) is 24.3 Å². The quantitative estimate of drug-likeness (QED) is 0.836. The van der Waals surface area contributed by atoms with Crippen LogP contribution < -0.4 is 0 Å². The van der Waals surface area contributed by atoms with E-state index in [4.69, 9.17) is 0 Å². The van der Waals surface area contributed by atoms with E-state index in [1.54, 1.807) is 6.20 Å². The molecular weight excluding hydrogens is 264 g/mol. The van der Waals surface area contributed by atoms with Gasteiger partial charge in [-0.25, -0.2) is 0 Å².